The van der Waals surface area contributed by atoms with Gasteiger partial charge in [-0.2, -0.15) is 0 Å². The number of carbonyl (C=O) groups excluding carboxylic acids is 1. The Balaban J connectivity index is 2.57. The monoisotopic (exact) mass is 248 g/mol. The van der Waals surface area contributed by atoms with Gasteiger partial charge in [-0.3, -0.25) is 0 Å². The Hall–Kier alpha value is -1.97. The van der Waals surface area contributed by atoms with Gasteiger partial charge in [-0.05, 0) is 17.5 Å². The van der Waals surface area contributed by atoms with Gasteiger partial charge in [-0.1, -0.05) is 39.0 Å². The Kier molecular flexibility index (Phi) is 4.77. The number of benzene rings is 1. The fourth-order valence-corrected chi connectivity index (χ4v) is 1.27. The summed E-state index contributed by atoms with van der Waals surface area (Å²) >= 11 is 0. The molecule has 2 amide bonds. The molecule has 1 rings (SSSR count). The van der Waals surface area contributed by atoms with Gasteiger partial charge in [0.25, 0.3) is 0 Å². The van der Waals surface area contributed by atoms with Crippen LogP contribution in [0, 0.1) is 5.41 Å². The van der Waals surface area contributed by atoms with Crippen LogP contribution in [0.4, 0.5) is 10.5 Å². The maximum atomic E-state index is 11.6. The highest BCUT2D eigenvalue weighted by atomic mass is 16.5. The van der Waals surface area contributed by atoms with E-state index >= 15 is 0 Å². The van der Waals surface area contributed by atoms with Crippen LogP contribution < -0.4 is 15.4 Å². The average Bonchev–Trinajstić information content (AvgIpc) is 2.28. The van der Waals surface area contributed by atoms with E-state index in [2.05, 4.69) is 31.4 Å². The average molecular weight is 248 g/mol. The Labute approximate surface area is 108 Å². The highest BCUT2D eigenvalue weighted by Crippen LogP contribution is 2.22. The maximum absolute atomic E-state index is 11.6. The van der Waals surface area contributed by atoms with Crippen molar-refractivity contribution in [3.63, 3.8) is 0 Å². The summed E-state index contributed by atoms with van der Waals surface area (Å²) in [5, 5.41) is 5.37. The fraction of sp³-hybridized carbons (Fsp3) is 0.357. The van der Waals surface area contributed by atoms with E-state index in [4.69, 9.17) is 4.74 Å². The number of amides is 2. The number of ether oxygens (including phenoxy) is 1. The second-order valence-corrected chi connectivity index (χ2v) is 5.00. The lowest BCUT2D eigenvalue weighted by Gasteiger charge is -2.12. The van der Waals surface area contributed by atoms with Crippen molar-refractivity contribution in [1.82, 2.24) is 5.32 Å². The highest BCUT2D eigenvalue weighted by Gasteiger charge is 2.06. The van der Waals surface area contributed by atoms with Crippen LogP contribution in [0.2, 0.25) is 0 Å². The zero-order chi connectivity index (χ0) is 13.6. The van der Waals surface area contributed by atoms with Crippen LogP contribution in [0.1, 0.15) is 20.8 Å². The van der Waals surface area contributed by atoms with E-state index in [1.165, 1.54) is 0 Å². The summed E-state index contributed by atoms with van der Waals surface area (Å²) in [6.45, 7) is 6.18. The number of methoxy groups -OCH3 is 1. The summed E-state index contributed by atoms with van der Waals surface area (Å²) in [6.07, 6.45) is 3.57. The Morgan fingerprint density at radius 1 is 1.28 bits per heavy atom. The molecule has 0 bridgehead atoms. The molecule has 0 spiro atoms. The topological polar surface area (TPSA) is 50.4 Å². The number of carbonyl (C=O) groups is 1. The predicted molar refractivity (Wildman–Crippen MR) is 73.7 cm³/mol. The molecule has 0 aliphatic heterocycles. The number of hydrogen-bond donors (Lipinski definition) is 2. The van der Waals surface area contributed by atoms with E-state index in [0.29, 0.717) is 11.4 Å². The van der Waals surface area contributed by atoms with E-state index in [-0.39, 0.29) is 11.4 Å². The number of anilines is 1. The molecule has 2 N–H and O–H groups in total. The second kappa shape index (κ2) is 6.10. The fourth-order valence-electron chi connectivity index (χ4n) is 1.27. The molecule has 4 nitrogen and oxygen atoms in total. The first-order chi connectivity index (χ1) is 8.42. The normalized spacial score (nSPS) is 11.3. The first kappa shape index (κ1) is 14.1. The summed E-state index contributed by atoms with van der Waals surface area (Å²) in [5.74, 6) is 0.632. The number of nitrogens with one attached hydrogen (secondary N) is 2. The minimum absolute atomic E-state index is 0.0394. The van der Waals surface area contributed by atoms with Crippen molar-refractivity contribution in [3.05, 3.63) is 36.5 Å². The number of para-hydroxylation sites is 2. The SMILES string of the molecule is COc1ccccc1NC(=O)N/C=C/C(C)(C)C. The van der Waals surface area contributed by atoms with Gasteiger partial charge in [0, 0.05) is 6.20 Å². The lowest BCUT2D eigenvalue weighted by molar-refractivity contribution is 0.255. The second-order valence-electron chi connectivity index (χ2n) is 5.00. The number of hydrogen-bond acceptors (Lipinski definition) is 2. The van der Waals surface area contributed by atoms with Crippen molar-refractivity contribution in [1.29, 1.82) is 0 Å². The van der Waals surface area contributed by atoms with Gasteiger partial charge in [-0.15, -0.1) is 0 Å². The first-order valence-corrected chi connectivity index (χ1v) is 5.80. The van der Waals surface area contributed by atoms with Crippen molar-refractivity contribution >= 4 is 11.7 Å². The molecular weight excluding hydrogens is 228 g/mol. The molecule has 1 aromatic rings. The molecule has 18 heavy (non-hydrogen) atoms. The molecule has 0 heterocycles. The van der Waals surface area contributed by atoms with Crippen LogP contribution in [-0.4, -0.2) is 13.1 Å². The van der Waals surface area contributed by atoms with Crippen LogP contribution in [0.15, 0.2) is 36.5 Å². The minimum atomic E-state index is -0.292. The van der Waals surface area contributed by atoms with Crippen molar-refractivity contribution in [3.8, 4) is 5.75 Å². The molecule has 0 saturated carbocycles. The Bertz CT molecular complexity index is 434. The van der Waals surface area contributed by atoms with E-state index in [0.717, 1.165) is 0 Å². The lowest BCUT2D eigenvalue weighted by atomic mass is 9.97. The van der Waals surface area contributed by atoms with Gasteiger partial charge in [0.15, 0.2) is 0 Å². The molecule has 98 valence electrons. The van der Waals surface area contributed by atoms with E-state index in [1.54, 1.807) is 25.4 Å². The van der Waals surface area contributed by atoms with Gasteiger partial charge in [0.1, 0.15) is 5.75 Å². The standard InChI is InChI=1S/C14H20N2O2/c1-14(2,3)9-10-15-13(17)16-11-7-5-6-8-12(11)18-4/h5-10H,1-4H3,(H2,15,16,17)/b10-9+. The molecular formula is C14H20N2O2. The van der Waals surface area contributed by atoms with Crippen LogP contribution in [0.3, 0.4) is 0 Å². The summed E-state index contributed by atoms with van der Waals surface area (Å²) in [6, 6.07) is 6.97. The molecule has 0 aliphatic rings. The molecule has 4 heteroatoms. The van der Waals surface area contributed by atoms with E-state index in [1.807, 2.05) is 18.2 Å². The van der Waals surface area contributed by atoms with Gasteiger partial charge in [-0.25, -0.2) is 4.79 Å². The van der Waals surface area contributed by atoms with Gasteiger partial charge in [0.05, 0.1) is 12.8 Å². The largest absolute Gasteiger partial charge is 0.495 e. The van der Waals surface area contributed by atoms with Crippen molar-refractivity contribution in [2.24, 2.45) is 5.41 Å². The Morgan fingerprint density at radius 3 is 2.56 bits per heavy atom. The van der Waals surface area contributed by atoms with Gasteiger partial charge in [0.2, 0.25) is 0 Å². The van der Waals surface area contributed by atoms with Crippen LogP contribution >= 0.6 is 0 Å². The van der Waals surface area contributed by atoms with Crippen molar-refractivity contribution < 1.29 is 9.53 Å². The zero-order valence-corrected chi connectivity index (χ0v) is 11.3. The summed E-state index contributed by atoms with van der Waals surface area (Å²) in [7, 11) is 1.57. The quantitative estimate of drug-likeness (QED) is 0.861. The van der Waals surface area contributed by atoms with Crippen LogP contribution in [0.5, 0.6) is 5.75 Å². The van der Waals surface area contributed by atoms with Crippen LogP contribution in [0.25, 0.3) is 0 Å². The molecule has 0 unspecified atom stereocenters. The summed E-state index contributed by atoms with van der Waals surface area (Å²) < 4.78 is 5.14. The van der Waals surface area contributed by atoms with Gasteiger partial charge < -0.3 is 15.4 Å². The van der Waals surface area contributed by atoms with E-state index < -0.39 is 0 Å². The third-order valence-corrected chi connectivity index (χ3v) is 2.15. The number of rotatable bonds is 3. The summed E-state index contributed by atoms with van der Waals surface area (Å²) in [4.78, 5) is 11.6. The molecule has 0 aromatic heterocycles. The number of urea groups is 1. The zero-order valence-electron chi connectivity index (χ0n) is 11.3. The summed E-state index contributed by atoms with van der Waals surface area (Å²) in [5.41, 5.74) is 0.680. The smallest absolute Gasteiger partial charge is 0.323 e. The molecule has 0 fully saturated rings. The Morgan fingerprint density at radius 2 is 1.94 bits per heavy atom. The van der Waals surface area contributed by atoms with Crippen LogP contribution in [-0.2, 0) is 0 Å². The molecule has 0 aliphatic carbocycles. The minimum Gasteiger partial charge on any atom is -0.495 e. The lowest BCUT2D eigenvalue weighted by Crippen LogP contribution is -2.24. The highest BCUT2D eigenvalue weighted by molar-refractivity contribution is 5.91. The third kappa shape index (κ3) is 4.91. The third-order valence-electron chi connectivity index (χ3n) is 2.15. The molecule has 0 saturated heterocycles. The first-order valence-electron chi connectivity index (χ1n) is 5.80. The van der Waals surface area contributed by atoms with E-state index in [9.17, 15) is 4.79 Å². The van der Waals surface area contributed by atoms with Crippen molar-refractivity contribution in [2.45, 2.75) is 20.8 Å². The molecule has 1 aromatic carbocycles. The number of allylic oxidation sites excluding steroid dienone is 1. The molecule has 0 radical (unpaired) electrons. The van der Waals surface area contributed by atoms with Gasteiger partial charge >= 0.3 is 6.03 Å². The molecule has 0 atom stereocenters. The van der Waals surface area contributed by atoms with Crippen molar-refractivity contribution in [2.75, 3.05) is 12.4 Å². The maximum Gasteiger partial charge on any atom is 0.323 e. The predicted octanol–water partition coefficient (Wildman–Crippen LogP) is 3.38.